The number of benzene rings is 1. The van der Waals surface area contributed by atoms with E-state index in [9.17, 15) is 4.79 Å². The van der Waals surface area contributed by atoms with Gasteiger partial charge in [-0.3, -0.25) is 4.79 Å². The van der Waals surface area contributed by atoms with Gasteiger partial charge in [-0.25, -0.2) is 0 Å². The first kappa shape index (κ1) is 12.9. The molecule has 1 heterocycles. The number of rotatable bonds is 4. The Morgan fingerprint density at radius 3 is 2.44 bits per heavy atom. The molecule has 1 aliphatic heterocycles. The Kier molecular flexibility index (Phi) is 3.30. The molecule has 0 aliphatic carbocycles. The second-order valence-corrected chi connectivity index (χ2v) is 4.63. The fourth-order valence-electron chi connectivity index (χ4n) is 2.66. The van der Waals surface area contributed by atoms with Crippen molar-refractivity contribution in [2.24, 2.45) is 0 Å². The zero-order valence-corrected chi connectivity index (χ0v) is 11.3. The number of amides is 1. The van der Waals surface area contributed by atoms with Crippen molar-refractivity contribution < 1.29 is 14.3 Å². The molecule has 0 radical (unpaired) electrons. The highest BCUT2D eigenvalue weighted by molar-refractivity contribution is 5.92. The van der Waals surface area contributed by atoms with Gasteiger partial charge in [-0.05, 0) is 31.5 Å². The van der Waals surface area contributed by atoms with Gasteiger partial charge in [0.25, 0.3) is 5.91 Å². The maximum absolute atomic E-state index is 12.0. The third-order valence-electron chi connectivity index (χ3n) is 3.53. The fourth-order valence-corrected chi connectivity index (χ4v) is 2.66. The molecule has 1 aromatic rings. The molecule has 0 N–H and O–H groups in total. The zero-order valence-electron chi connectivity index (χ0n) is 11.3. The van der Waals surface area contributed by atoms with Crippen molar-refractivity contribution in [1.82, 2.24) is 4.90 Å². The van der Waals surface area contributed by atoms with Crippen molar-refractivity contribution in [2.75, 3.05) is 20.8 Å². The zero-order chi connectivity index (χ0) is 13.3. The van der Waals surface area contributed by atoms with Crippen molar-refractivity contribution >= 4 is 5.91 Å². The average Bonchev–Trinajstić information content (AvgIpc) is 2.39. The summed E-state index contributed by atoms with van der Waals surface area (Å²) in [6.45, 7) is 4.29. The van der Waals surface area contributed by atoms with Crippen LogP contribution in [0.2, 0.25) is 0 Å². The first-order valence-corrected chi connectivity index (χ1v) is 6.09. The predicted octanol–water partition coefficient (Wildman–Crippen LogP) is 2.00. The Labute approximate surface area is 107 Å². The SMILES string of the molecule is CCO[C@]1(C)C(=O)N(C)[C@H]1c1ccc(OC)cc1. The molecule has 1 fully saturated rings. The van der Waals surface area contributed by atoms with E-state index in [1.54, 1.807) is 19.1 Å². The number of ether oxygens (including phenoxy) is 2. The Balaban J connectivity index is 2.27. The summed E-state index contributed by atoms with van der Waals surface area (Å²) in [6.07, 6.45) is 0. The quantitative estimate of drug-likeness (QED) is 0.766. The molecule has 2 rings (SSSR count). The number of carbonyl (C=O) groups excluding carboxylic acids is 1. The molecular weight excluding hydrogens is 230 g/mol. The van der Waals surface area contributed by atoms with Crippen molar-refractivity contribution in [3.8, 4) is 5.75 Å². The van der Waals surface area contributed by atoms with E-state index in [0.29, 0.717) is 6.61 Å². The van der Waals surface area contributed by atoms with Gasteiger partial charge in [0.15, 0.2) is 5.60 Å². The summed E-state index contributed by atoms with van der Waals surface area (Å²) >= 11 is 0. The van der Waals surface area contributed by atoms with E-state index in [2.05, 4.69) is 0 Å². The number of likely N-dealkylation sites (tertiary alicyclic amines) is 1. The minimum atomic E-state index is -0.738. The van der Waals surface area contributed by atoms with E-state index in [4.69, 9.17) is 9.47 Å². The van der Waals surface area contributed by atoms with Crippen LogP contribution in [-0.4, -0.2) is 37.2 Å². The lowest BCUT2D eigenvalue weighted by molar-refractivity contribution is -0.197. The molecule has 1 aromatic carbocycles. The van der Waals surface area contributed by atoms with Crippen LogP contribution in [-0.2, 0) is 9.53 Å². The third-order valence-corrected chi connectivity index (χ3v) is 3.53. The van der Waals surface area contributed by atoms with E-state index >= 15 is 0 Å². The van der Waals surface area contributed by atoms with Crippen LogP contribution in [0.1, 0.15) is 25.5 Å². The van der Waals surface area contributed by atoms with E-state index in [1.165, 1.54) is 0 Å². The summed E-state index contributed by atoms with van der Waals surface area (Å²) in [7, 11) is 3.44. The maximum atomic E-state index is 12.0. The molecule has 18 heavy (non-hydrogen) atoms. The summed E-state index contributed by atoms with van der Waals surface area (Å²) in [5.74, 6) is 0.843. The molecule has 4 nitrogen and oxygen atoms in total. The predicted molar refractivity (Wildman–Crippen MR) is 68.5 cm³/mol. The molecule has 0 aromatic heterocycles. The molecule has 0 spiro atoms. The van der Waals surface area contributed by atoms with E-state index < -0.39 is 5.60 Å². The highest BCUT2D eigenvalue weighted by Gasteiger charge is 2.57. The Morgan fingerprint density at radius 1 is 1.33 bits per heavy atom. The van der Waals surface area contributed by atoms with Crippen molar-refractivity contribution in [3.63, 3.8) is 0 Å². The number of hydrogen-bond donors (Lipinski definition) is 0. The molecule has 98 valence electrons. The number of hydrogen-bond acceptors (Lipinski definition) is 3. The minimum absolute atomic E-state index is 0.0316. The summed E-state index contributed by atoms with van der Waals surface area (Å²) in [5.41, 5.74) is 0.326. The van der Waals surface area contributed by atoms with Crippen LogP contribution in [0.4, 0.5) is 0 Å². The maximum Gasteiger partial charge on any atom is 0.257 e. The lowest BCUT2D eigenvalue weighted by Gasteiger charge is -2.52. The van der Waals surface area contributed by atoms with Crippen LogP contribution in [0.5, 0.6) is 5.75 Å². The molecule has 0 saturated carbocycles. The molecule has 0 unspecified atom stereocenters. The minimum Gasteiger partial charge on any atom is -0.497 e. The number of methoxy groups -OCH3 is 1. The number of likely N-dealkylation sites (N-methyl/N-ethyl adjacent to an activating group) is 1. The summed E-state index contributed by atoms with van der Waals surface area (Å²) < 4.78 is 10.8. The molecule has 1 saturated heterocycles. The first-order chi connectivity index (χ1) is 8.54. The molecular formula is C14H19NO3. The van der Waals surface area contributed by atoms with Crippen LogP contribution in [0.3, 0.4) is 0 Å². The number of nitrogens with zero attached hydrogens (tertiary/aromatic N) is 1. The van der Waals surface area contributed by atoms with Crippen molar-refractivity contribution in [1.29, 1.82) is 0 Å². The molecule has 1 aliphatic rings. The monoisotopic (exact) mass is 249 g/mol. The summed E-state index contributed by atoms with van der Waals surface area (Å²) in [4.78, 5) is 13.7. The highest BCUT2D eigenvalue weighted by Crippen LogP contribution is 2.44. The molecule has 4 heteroatoms. The van der Waals surface area contributed by atoms with Crippen LogP contribution < -0.4 is 4.74 Å². The van der Waals surface area contributed by atoms with Crippen LogP contribution in [0.25, 0.3) is 0 Å². The first-order valence-electron chi connectivity index (χ1n) is 6.09. The molecule has 2 atom stereocenters. The van der Waals surface area contributed by atoms with Gasteiger partial charge in [0.1, 0.15) is 5.75 Å². The summed E-state index contributed by atoms with van der Waals surface area (Å²) in [5, 5.41) is 0. The van der Waals surface area contributed by atoms with Gasteiger partial charge in [0, 0.05) is 13.7 Å². The van der Waals surface area contributed by atoms with Gasteiger partial charge in [-0.2, -0.15) is 0 Å². The van der Waals surface area contributed by atoms with E-state index in [-0.39, 0.29) is 11.9 Å². The largest absolute Gasteiger partial charge is 0.497 e. The smallest absolute Gasteiger partial charge is 0.257 e. The summed E-state index contributed by atoms with van der Waals surface area (Å²) in [6, 6.07) is 7.72. The number of β-lactam (4-membered cyclic amide) rings is 1. The van der Waals surface area contributed by atoms with Gasteiger partial charge < -0.3 is 14.4 Å². The van der Waals surface area contributed by atoms with Crippen LogP contribution in [0, 0.1) is 0 Å². The Bertz CT molecular complexity index is 443. The third kappa shape index (κ3) is 1.77. The van der Waals surface area contributed by atoms with Crippen molar-refractivity contribution in [2.45, 2.75) is 25.5 Å². The second-order valence-electron chi connectivity index (χ2n) is 4.63. The molecule has 0 bridgehead atoms. The van der Waals surface area contributed by atoms with Gasteiger partial charge in [0.05, 0.1) is 13.2 Å². The lowest BCUT2D eigenvalue weighted by atomic mass is 9.79. The fraction of sp³-hybridized carbons (Fsp3) is 0.500. The van der Waals surface area contributed by atoms with Crippen molar-refractivity contribution in [3.05, 3.63) is 29.8 Å². The number of carbonyl (C=O) groups is 1. The standard InChI is InChI=1S/C14H19NO3/c1-5-18-14(2)12(15(3)13(14)16)10-6-8-11(17-4)9-7-10/h6-9,12H,5H2,1-4H3/t12-,14-/m0/s1. The van der Waals surface area contributed by atoms with Gasteiger partial charge in [-0.1, -0.05) is 12.1 Å². The van der Waals surface area contributed by atoms with Gasteiger partial charge in [0.2, 0.25) is 0 Å². The second kappa shape index (κ2) is 4.61. The lowest BCUT2D eigenvalue weighted by Crippen LogP contribution is -2.66. The van der Waals surface area contributed by atoms with Crippen LogP contribution >= 0.6 is 0 Å². The average molecular weight is 249 g/mol. The highest BCUT2D eigenvalue weighted by atomic mass is 16.5. The van der Waals surface area contributed by atoms with E-state index in [1.807, 2.05) is 38.1 Å². The Morgan fingerprint density at radius 2 is 1.94 bits per heavy atom. The normalized spacial score (nSPS) is 27.0. The topological polar surface area (TPSA) is 38.8 Å². The van der Waals surface area contributed by atoms with Gasteiger partial charge in [-0.15, -0.1) is 0 Å². The van der Waals surface area contributed by atoms with Gasteiger partial charge >= 0.3 is 0 Å². The van der Waals surface area contributed by atoms with Crippen LogP contribution in [0.15, 0.2) is 24.3 Å². The Hall–Kier alpha value is -1.55. The molecule has 1 amide bonds. The van der Waals surface area contributed by atoms with E-state index in [0.717, 1.165) is 11.3 Å².